The maximum absolute atomic E-state index is 11.8. The molecule has 0 aliphatic carbocycles. The molecule has 0 unspecified atom stereocenters. The quantitative estimate of drug-likeness (QED) is 0.731. The van der Waals surface area contributed by atoms with Crippen LogP contribution in [0.5, 0.6) is 0 Å². The van der Waals surface area contributed by atoms with Crippen molar-refractivity contribution in [1.82, 2.24) is 9.97 Å². The Hall–Kier alpha value is -1.65. The molecule has 84 valence electrons. The molecule has 0 atom stereocenters. The minimum atomic E-state index is -0.110. The Bertz CT molecular complexity index is 730. The van der Waals surface area contributed by atoms with Crippen LogP contribution in [-0.4, -0.2) is 9.97 Å². The van der Waals surface area contributed by atoms with E-state index >= 15 is 0 Å². The number of aromatic nitrogens is 2. The summed E-state index contributed by atoms with van der Waals surface area (Å²) in [5.41, 5.74) is 0.739. The van der Waals surface area contributed by atoms with Gasteiger partial charge < -0.3 is 4.98 Å². The van der Waals surface area contributed by atoms with Crippen LogP contribution in [-0.2, 0) is 0 Å². The Morgan fingerprint density at radius 3 is 2.71 bits per heavy atom. The fraction of sp³-hybridized carbons (Fsp3) is 0. The van der Waals surface area contributed by atoms with Gasteiger partial charge in [-0.2, -0.15) is 0 Å². The van der Waals surface area contributed by atoms with Crippen molar-refractivity contribution < 1.29 is 0 Å². The van der Waals surface area contributed by atoms with E-state index in [0.29, 0.717) is 16.2 Å². The first-order valence-corrected chi connectivity index (χ1v) is 6.23. The van der Waals surface area contributed by atoms with Crippen LogP contribution < -0.4 is 5.56 Å². The monoisotopic (exact) mass is 262 g/mol. The van der Waals surface area contributed by atoms with Gasteiger partial charge in [-0.25, -0.2) is 4.98 Å². The highest BCUT2D eigenvalue weighted by Crippen LogP contribution is 2.20. The average molecular weight is 263 g/mol. The largest absolute Gasteiger partial charge is 0.306 e. The van der Waals surface area contributed by atoms with E-state index in [-0.39, 0.29) is 5.56 Å². The van der Waals surface area contributed by atoms with Gasteiger partial charge in [0, 0.05) is 10.6 Å². The summed E-state index contributed by atoms with van der Waals surface area (Å²) in [6, 6.07) is 8.99. The van der Waals surface area contributed by atoms with Crippen molar-refractivity contribution in [2.24, 2.45) is 0 Å². The number of nitrogens with one attached hydrogen (secondary N) is 1. The lowest BCUT2D eigenvalue weighted by atomic mass is 10.2. The Kier molecular flexibility index (Phi) is 2.46. The number of halogens is 1. The number of hydrogen-bond donors (Lipinski definition) is 1. The molecule has 0 fully saturated rings. The Morgan fingerprint density at radius 1 is 1.18 bits per heavy atom. The third-order valence-electron chi connectivity index (χ3n) is 2.45. The minimum Gasteiger partial charge on any atom is -0.306 e. The predicted molar refractivity (Wildman–Crippen MR) is 70.7 cm³/mol. The SMILES string of the molecule is O=c1[nH]c(-c2ccc(Cl)cc2)nc2sccc12. The van der Waals surface area contributed by atoms with Crippen LogP contribution in [0, 0.1) is 0 Å². The van der Waals surface area contributed by atoms with Gasteiger partial charge in [0.25, 0.3) is 5.56 Å². The molecule has 0 aliphatic rings. The Labute approximate surface area is 106 Å². The summed E-state index contributed by atoms with van der Waals surface area (Å²) in [5, 5.41) is 3.15. The molecule has 1 N–H and O–H groups in total. The van der Waals surface area contributed by atoms with E-state index in [2.05, 4.69) is 9.97 Å². The van der Waals surface area contributed by atoms with Crippen LogP contribution in [0.1, 0.15) is 0 Å². The highest BCUT2D eigenvalue weighted by molar-refractivity contribution is 7.16. The fourth-order valence-electron chi connectivity index (χ4n) is 1.61. The molecule has 17 heavy (non-hydrogen) atoms. The van der Waals surface area contributed by atoms with E-state index in [1.54, 1.807) is 18.2 Å². The van der Waals surface area contributed by atoms with Crippen molar-refractivity contribution in [1.29, 1.82) is 0 Å². The molecule has 0 amide bonds. The summed E-state index contributed by atoms with van der Waals surface area (Å²) >= 11 is 7.27. The number of hydrogen-bond acceptors (Lipinski definition) is 3. The van der Waals surface area contributed by atoms with Crippen LogP contribution in [0.4, 0.5) is 0 Å². The maximum Gasteiger partial charge on any atom is 0.259 e. The molecule has 3 rings (SSSR count). The van der Waals surface area contributed by atoms with Gasteiger partial charge in [-0.05, 0) is 35.7 Å². The minimum absolute atomic E-state index is 0.110. The van der Waals surface area contributed by atoms with Crippen molar-refractivity contribution >= 4 is 33.2 Å². The molecule has 0 radical (unpaired) electrons. The first-order valence-electron chi connectivity index (χ1n) is 4.97. The fourth-order valence-corrected chi connectivity index (χ4v) is 2.50. The molecule has 3 nitrogen and oxygen atoms in total. The van der Waals surface area contributed by atoms with Crippen LogP contribution in [0.3, 0.4) is 0 Å². The Morgan fingerprint density at radius 2 is 1.94 bits per heavy atom. The molecule has 0 saturated carbocycles. The van der Waals surface area contributed by atoms with Gasteiger partial charge in [-0.15, -0.1) is 11.3 Å². The predicted octanol–water partition coefficient (Wildman–Crippen LogP) is 3.31. The number of fused-ring (bicyclic) bond motifs is 1. The number of benzene rings is 1. The van der Waals surface area contributed by atoms with Crippen LogP contribution in [0.2, 0.25) is 5.02 Å². The van der Waals surface area contributed by atoms with Gasteiger partial charge in [-0.3, -0.25) is 4.79 Å². The molecule has 0 spiro atoms. The standard InChI is InChI=1S/C12H7ClN2OS/c13-8-3-1-7(2-4-8)10-14-11(16)9-5-6-17-12(9)15-10/h1-6H,(H,14,15,16). The summed E-state index contributed by atoms with van der Waals surface area (Å²) in [6.45, 7) is 0. The highest BCUT2D eigenvalue weighted by Gasteiger charge is 2.06. The summed E-state index contributed by atoms with van der Waals surface area (Å²) in [4.78, 5) is 19.7. The molecule has 0 aliphatic heterocycles. The van der Waals surface area contributed by atoms with E-state index in [1.807, 2.05) is 17.5 Å². The third-order valence-corrected chi connectivity index (χ3v) is 3.51. The second-order valence-electron chi connectivity index (χ2n) is 3.56. The molecule has 0 bridgehead atoms. The second-order valence-corrected chi connectivity index (χ2v) is 4.89. The lowest BCUT2D eigenvalue weighted by Crippen LogP contribution is -2.07. The number of H-pyrrole nitrogens is 1. The van der Waals surface area contributed by atoms with Gasteiger partial charge in [-0.1, -0.05) is 11.6 Å². The smallest absolute Gasteiger partial charge is 0.259 e. The Balaban J connectivity index is 2.23. The topological polar surface area (TPSA) is 45.8 Å². The normalized spacial score (nSPS) is 10.9. The van der Waals surface area contributed by atoms with Gasteiger partial charge >= 0.3 is 0 Å². The van der Waals surface area contributed by atoms with Gasteiger partial charge in [0.15, 0.2) is 0 Å². The zero-order chi connectivity index (χ0) is 11.8. The molecular formula is C12H7ClN2OS. The van der Waals surface area contributed by atoms with E-state index in [4.69, 9.17) is 11.6 Å². The van der Waals surface area contributed by atoms with Crippen molar-refractivity contribution in [2.45, 2.75) is 0 Å². The van der Waals surface area contributed by atoms with Gasteiger partial charge in [0.2, 0.25) is 0 Å². The van der Waals surface area contributed by atoms with E-state index < -0.39 is 0 Å². The third kappa shape index (κ3) is 1.85. The molecule has 2 aromatic heterocycles. The lowest BCUT2D eigenvalue weighted by Gasteiger charge is -2.00. The van der Waals surface area contributed by atoms with Gasteiger partial charge in [0.1, 0.15) is 10.7 Å². The highest BCUT2D eigenvalue weighted by atomic mass is 35.5. The summed E-state index contributed by atoms with van der Waals surface area (Å²) in [6.07, 6.45) is 0. The van der Waals surface area contributed by atoms with Crippen molar-refractivity contribution in [3.63, 3.8) is 0 Å². The molecular weight excluding hydrogens is 256 g/mol. The number of thiophene rings is 1. The van der Waals surface area contributed by atoms with Gasteiger partial charge in [0.05, 0.1) is 5.39 Å². The maximum atomic E-state index is 11.8. The zero-order valence-corrected chi connectivity index (χ0v) is 10.2. The summed E-state index contributed by atoms with van der Waals surface area (Å²) < 4.78 is 0. The lowest BCUT2D eigenvalue weighted by molar-refractivity contribution is 1.19. The number of aromatic amines is 1. The van der Waals surface area contributed by atoms with E-state index in [9.17, 15) is 4.79 Å². The van der Waals surface area contributed by atoms with E-state index in [0.717, 1.165) is 10.4 Å². The van der Waals surface area contributed by atoms with E-state index in [1.165, 1.54) is 11.3 Å². The first kappa shape index (κ1) is 10.5. The summed E-state index contributed by atoms with van der Waals surface area (Å²) in [5.74, 6) is 0.571. The molecule has 0 saturated heterocycles. The first-order chi connectivity index (χ1) is 8.24. The molecule has 1 aromatic carbocycles. The number of rotatable bonds is 1. The van der Waals surface area contributed by atoms with Crippen LogP contribution in [0.15, 0.2) is 40.5 Å². The second kappa shape index (κ2) is 3.98. The molecule has 2 heterocycles. The average Bonchev–Trinajstić information content (AvgIpc) is 2.78. The molecule has 3 aromatic rings. The van der Waals surface area contributed by atoms with Crippen molar-refractivity contribution in [3.05, 3.63) is 51.1 Å². The van der Waals surface area contributed by atoms with Crippen molar-refractivity contribution in [2.75, 3.05) is 0 Å². The van der Waals surface area contributed by atoms with Crippen molar-refractivity contribution in [3.8, 4) is 11.4 Å². The zero-order valence-electron chi connectivity index (χ0n) is 8.61. The van der Waals surface area contributed by atoms with Crippen LogP contribution in [0.25, 0.3) is 21.6 Å². The number of nitrogens with zero attached hydrogens (tertiary/aromatic N) is 1. The molecule has 5 heteroatoms. The van der Waals surface area contributed by atoms with Crippen LogP contribution >= 0.6 is 22.9 Å². The summed E-state index contributed by atoms with van der Waals surface area (Å²) in [7, 11) is 0.